The van der Waals surface area contributed by atoms with Gasteiger partial charge < -0.3 is 0 Å². The molecule has 0 aliphatic rings. The van der Waals surface area contributed by atoms with Gasteiger partial charge in [-0.15, -0.1) is 0 Å². The van der Waals surface area contributed by atoms with Gasteiger partial charge in [-0.1, -0.05) is 0 Å². The smallest absolute Gasteiger partial charge is 0.218 e. The Labute approximate surface area is 57.7 Å². The number of nitro groups is 2. The average Bonchev–Trinajstić information content (AvgIpc) is 1.87. The van der Waals surface area contributed by atoms with E-state index in [1.807, 2.05) is 0 Å². The Morgan fingerprint density at radius 3 is 1.55 bits per heavy atom. The zero-order valence-corrected chi connectivity index (χ0v) is 4.72. The molecule has 11 heavy (non-hydrogen) atoms. The molecule has 0 amide bonds. The highest BCUT2D eigenvalue weighted by Crippen LogP contribution is 1.89. The summed E-state index contributed by atoms with van der Waals surface area (Å²) in [6.45, 7) is 0. The number of nitrogens with zero attached hydrogens (tertiary/aromatic N) is 4. The average molecular weight is 170 g/mol. The summed E-state index contributed by atoms with van der Waals surface area (Å²) in [6.07, 6.45) is 0. The van der Waals surface area contributed by atoms with E-state index in [4.69, 9.17) is 10.4 Å². The third-order valence-corrected chi connectivity index (χ3v) is 0.425. The third-order valence-electron chi connectivity index (χ3n) is 0.425. The highest BCUT2D eigenvalue weighted by molar-refractivity contribution is 3.93. The van der Waals surface area contributed by atoms with Crippen LogP contribution >= 0.6 is 0 Å². The molecule has 0 spiro atoms. The molecule has 0 fully saturated rings. The standard InChI is InChI=1S/H2N4O7/c5-1(6)3(9)11-4(10)2(7)8/h9-10H. The fourth-order valence-electron chi connectivity index (χ4n) is 0.125. The van der Waals surface area contributed by atoms with Crippen LogP contribution in [0.4, 0.5) is 0 Å². The topological polar surface area (TPSA) is 142 Å². The minimum Gasteiger partial charge on any atom is -0.231 e. The van der Waals surface area contributed by atoms with E-state index in [2.05, 4.69) is 4.94 Å². The van der Waals surface area contributed by atoms with E-state index < -0.39 is 20.7 Å². The maximum Gasteiger partial charge on any atom is 0.218 e. The van der Waals surface area contributed by atoms with E-state index in [1.165, 1.54) is 0 Å². The van der Waals surface area contributed by atoms with Crippen molar-refractivity contribution in [3.05, 3.63) is 20.2 Å². The molecule has 0 rings (SSSR count). The van der Waals surface area contributed by atoms with Gasteiger partial charge in [0.25, 0.3) is 0 Å². The molecule has 0 radical (unpaired) electrons. The maximum atomic E-state index is 9.45. The zero-order valence-electron chi connectivity index (χ0n) is 4.72. The second-order valence-corrected chi connectivity index (χ2v) is 1.06. The van der Waals surface area contributed by atoms with Gasteiger partial charge in [-0.25, -0.2) is 30.6 Å². The summed E-state index contributed by atoms with van der Waals surface area (Å²) in [5, 5.41) is 29.4. The van der Waals surface area contributed by atoms with Crippen LogP contribution in [-0.4, -0.2) is 31.2 Å². The summed E-state index contributed by atoms with van der Waals surface area (Å²) in [7, 11) is 0. The molecule has 11 heteroatoms. The Hall–Kier alpha value is -1.72. The first-order valence-corrected chi connectivity index (χ1v) is 1.90. The van der Waals surface area contributed by atoms with Crippen molar-refractivity contribution in [2.24, 2.45) is 0 Å². The van der Waals surface area contributed by atoms with E-state index in [1.54, 1.807) is 0 Å². The van der Waals surface area contributed by atoms with E-state index in [0.29, 0.717) is 0 Å². The molecule has 0 aromatic rings. The number of hydrogen-bond acceptors (Lipinski definition) is 7. The van der Waals surface area contributed by atoms with Crippen molar-refractivity contribution in [3.8, 4) is 0 Å². The van der Waals surface area contributed by atoms with Crippen LogP contribution in [0.15, 0.2) is 0 Å². The molecule has 2 N–H and O–H groups in total. The van der Waals surface area contributed by atoms with Crippen LogP contribution in [0, 0.1) is 20.2 Å². The fraction of sp³-hybridized carbons (Fsp3) is 0. The van der Waals surface area contributed by atoms with Crippen molar-refractivity contribution in [1.82, 2.24) is 10.7 Å². The zero-order chi connectivity index (χ0) is 9.02. The van der Waals surface area contributed by atoms with Crippen LogP contribution in [0.2, 0.25) is 0 Å². The van der Waals surface area contributed by atoms with Crippen LogP contribution in [0.5, 0.6) is 0 Å². The summed E-state index contributed by atoms with van der Waals surface area (Å²) in [6, 6.07) is 0. The van der Waals surface area contributed by atoms with Gasteiger partial charge in [0, 0.05) is 4.94 Å². The van der Waals surface area contributed by atoms with Crippen LogP contribution in [0.25, 0.3) is 0 Å². The Morgan fingerprint density at radius 2 is 1.36 bits per heavy atom. The van der Waals surface area contributed by atoms with Gasteiger partial charge in [0.05, 0.1) is 0 Å². The normalized spacial score (nSPS) is 8.91. The van der Waals surface area contributed by atoms with Gasteiger partial charge in [0.15, 0.2) is 10.7 Å². The van der Waals surface area contributed by atoms with Gasteiger partial charge in [0.1, 0.15) is 0 Å². The van der Waals surface area contributed by atoms with Crippen LogP contribution in [0.3, 0.4) is 0 Å². The van der Waals surface area contributed by atoms with Crippen LogP contribution in [-0.2, 0) is 4.94 Å². The van der Waals surface area contributed by atoms with E-state index in [0.717, 1.165) is 0 Å². The largest absolute Gasteiger partial charge is 0.231 e. The van der Waals surface area contributed by atoms with Crippen molar-refractivity contribution < 1.29 is 25.4 Å². The molecular weight excluding hydrogens is 168 g/mol. The maximum absolute atomic E-state index is 9.45. The second kappa shape index (κ2) is 3.45. The summed E-state index contributed by atoms with van der Waals surface area (Å²) in [4.78, 5) is 22.1. The van der Waals surface area contributed by atoms with Gasteiger partial charge in [-0.3, -0.25) is 0 Å². The Balaban J connectivity index is 3.84. The lowest BCUT2D eigenvalue weighted by atomic mass is 12.4. The molecule has 0 unspecified atom stereocenters. The minimum atomic E-state index is -1.55. The Kier molecular flexibility index (Phi) is 2.91. The van der Waals surface area contributed by atoms with Crippen molar-refractivity contribution in [3.63, 3.8) is 0 Å². The van der Waals surface area contributed by atoms with Crippen LogP contribution in [0.1, 0.15) is 0 Å². The Morgan fingerprint density at radius 1 is 1.09 bits per heavy atom. The molecule has 0 atom stereocenters. The molecule has 0 bridgehead atoms. The van der Waals surface area contributed by atoms with Crippen molar-refractivity contribution in [2.75, 3.05) is 0 Å². The quantitative estimate of drug-likeness (QED) is 0.384. The monoisotopic (exact) mass is 170 g/mol. The fourth-order valence-corrected chi connectivity index (χ4v) is 0.125. The molecule has 0 heterocycles. The highest BCUT2D eigenvalue weighted by atomic mass is 17.2. The molecule has 0 saturated carbocycles. The van der Waals surface area contributed by atoms with Crippen LogP contribution < -0.4 is 0 Å². The van der Waals surface area contributed by atoms with E-state index >= 15 is 0 Å². The molecule has 0 aromatic heterocycles. The van der Waals surface area contributed by atoms with E-state index in [-0.39, 0.29) is 0 Å². The van der Waals surface area contributed by atoms with Crippen molar-refractivity contribution in [2.45, 2.75) is 0 Å². The highest BCUT2D eigenvalue weighted by Gasteiger charge is 2.23. The molecule has 0 aromatic carbocycles. The predicted octanol–water partition coefficient (Wildman–Crippen LogP) is -1.40. The first-order chi connectivity index (χ1) is 4.95. The molecule has 0 saturated heterocycles. The van der Waals surface area contributed by atoms with Crippen molar-refractivity contribution in [1.29, 1.82) is 0 Å². The first-order valence-electron chi connectivity index (χ1n) is 1.90. The summed E-state index contributed by atoms with van der Waals surface area (Å²) >= 11 is 0. The van der Waals surface area contributed by atoms with Gasteiger partial charge in [0.2, 0.25) is 10.1 Å². The summed E-state index contributed by atoms with van der Waals surface area (Å²) in [5.74, 6) is 0. The number of hydrogen-bond donors (Lipinski definition) is 2. The lowest BCUT2D eigenvalue weighted by molar-refractivity contribution is -0.923. The molecule has 11 nitrogen and oxygen atoms in total. The van der Waals surface area contributed by atoms with Gasteiger partial charge in [-0.2, -0.15) is 0 Å². The van der Waals surface area contributed by atoms with Gasteiger partial charge >= 0.3 is 0 Å². The number of rotatable bonds is 4. The van der Waals surface area contributed by atoms with Gasteiger partial charge in [-0.05, 0) is 0 Å². The minimum absolute atomic E-state index is 1.14. The first kappa shape index (κ1) is 9.28. The second-order valence-electron chi connectivity index (χ2n) is 1.06. The predicted molar refractivity (Wildman–Crippen MR) is 22.3 cm³/mol. The lowest BCUT2D eigenvalue weighted by Crippen LogP contribution is -2.37. The summed E-state index contributed by atoms with van der Waals surface area (Å²) in [5.41, 5.74) is 0. The Bertz CT molecular complexity index is 146. The van der Waals surface area contributed by atoms with E-state index in [9.17, 15) is 20.2 Å². The third kappa shape index (κ3) is 3.09. The van der Waals surface area contributed by atoms with Crippen molar-refractivity contribution >= 4 is 0 Å². The molecule has 0 aliphatic heterocycles. The lowest BCUT2D eigenvalue weighted by Gasteiger charge is -2.03. The molecular formula is H2N4O7. The SMILES string of the molecule is O=[N+]([O-])N(O)ON(O)[N+](=O)[O-]. The molecule has 0 aliphatic carbocycles. The molecule has 64 valence electrons. The summed E-state index contributed by atoms with van der Waals surface area (Å²) < 4.78 is 0. The number of hydrazine groups is 2.